The summed E-state index contributed by atoms with van der Waals surface area (Å²) in [6, 6.07) is -0.0629. The summed E-state index contributed by atoms with van der Waals surface area (Å²) in [5, 5.41) is 17.4. The van der Waals surface area contributed by atoms with E-state index in [1.54, 1.807) is 26.2 Å². The van der Waals surface area contributed by atoms with Crippen molar-refractivity contribution in [3.05, 3.63) is 11.1 Å². The van der Waals surface area contributed by atoms with Crippen LogP contribution in [-0.2, 0) is 15.0 Å². The SMILES string of the molecule is CC(Nc1nc(C(C)(C)C(=O)O)cs1)C(=O)NC1CC1. The summed E-state index contributed by atoms with van der Waals surface area (Å²) in [5.41, 5.74) is -0.539. The summed E-state index contributed by atoms with van der Waals surface area (Å²) >= 11 is 1.31. The van der Waals surface area contributed by atoms with Crippen LogP contribution in [0, 0.1) is 0 Å². The Morgan fingerprint density at radius 3 is 2.70 bits per heavy atom. The number of carbonyl (C=O) groups is 2. The Kier molecular flexibility index (Phi) is 3.99. The number of hydrogen-bond donors (Lipinski definition) is 3. The summed E-state index contributed by atoms with van der Waals surface area (Å²) < 4.78 is 0. The first-order valence-corrected chi connectivity index (χ1v) is 7.45. The standard InChI is InChI=1S/C13H19N3O3S/c1-7(10(17)15-8-4-5-8)14-12-16-9(6-20-12)13(2,3)11(18)19/h6-8H,4-5H2,1-3H3,(H,14,16)(H,15,17)(H,18,19). The maximum atomic E-state index is 11.8. The summed E-state index contributed by atoms with van der Waals surface area (Å²) in [6.45, 7) is 4.98. The minimum Gasteiger partial charge on any atom is -0.481 e. The molecule has 2 rings (SSSR count). The van der Waals surface area contributed by atoms with Crippen LogP contribution < -0.4 is 10.6 Å². The Hall–Kier alpha value is -1.63. The van der Waals surface area contributed by atoms with Gasteiger partial charge in [-0.25, -0.2) is 4.98 Å². The number of nitrogens with one attached hydrogen (secondary N) is 2. The zero-order chi connectivity index (χ0) is 14.9. The first kappa shape index (κ1) is 14.8. The van der Waals surface area contributed by atoms with Gasteiger partial charge in [-0.3, -0.25) is 9.59 Å². The van der Waals surface area contributed by atoms with Gasteiger partial charge in [-0.1, -0.05) is 0 Å². The van der Waals surface area contributed by atoms with Crippen LogP contribution in [0.3, 0.4) is 0 Å². The molecule has 110 valence electrons. The van der Waals surface area contributed by atoms with Crippen LogP contribution >= 0.6 is 11.3 Å². The molecule has 20 heavy (non-hydrogen) atoms. The van der Waals surface area contributed by atoms with Crippen LogP contribution in [0.1, 0.15) is 39.3 Å². The second kappa shape index (κ2) is 5.40. The molecule has 1 heterocycles. The minimum atomic E-state index is -1.03. The number of aliphatic carboxylic acids is 1. The number of hydrogen-bond acceptors (Lipinski definition) is 5. The number of anilines is 1. The molecule has 1 aliphatic rings. The number of thiazole rings is 1. The predicted octanol–water partition coefficient (Wildman–Crippen LogP) is 1.58. The number of amides is 1. The van der Waals surface area contributed by atoms with Gasteiger partial charge in [0.15, 0.2) is 5.13 Å². The quantitative estimate of drug-likeness (QED) is 0.741. The van der Waals surface area contributed by atoms with E-state index in [1.165, 1.54) is 11.3 Å². The molecule has 6 nitrogen and oxygen atoms in total. The number of carbonyl (C=O) groups excluding carboxylic acids is 1. The van der Waals surface area contributed by atoms with Crippen LogP contribution in [0.4, 0.5) is 5.13 Å². The van der Waals surface area contributed by atoms with Crippen LogP contribution in [0.2, 0.25) is 0 Å². The molecule has 0 aromatic carbocycles. The van der Waals surface area contributed by atoms with Gasteiger partial charge in [0.1, 0.15) is 11.5 Å². The zero-order valence-electron chi connectivity index (χ0n) is 11.8. The van der Waals surface area contributed by atoms with Gasteiger partial charge in [-0.15, -0.1) is 11.3 Å². The summed E-state index contributed by atoms with van der Waals surface area (Å²) in [6.07, 6.45) is 2.10. The van der Waals surface area contributed by atoms with Crippen molar-refractivity contribution < 1.29 is 14.7 Å². The molecule has 0 radical (unpaired) electrons. The highest BCUT2D eigenvalue weighted by Gasteiger charge is 2.32. The van der Waals surface area contributed by atoms with Crippen molar-refractivity contribution in [3.8, 4) is 0 Å². The minimum absolute atomic E-state index is 0.0539. The van der Waals surface area contributed by atoms with Crippen LogP contribution in [0.15, 0.2) is 5.38 Å². The number of carboxylic acids is 1. The Morgan fingerprint density at radius 1 is 1.50 bits per heavy atom. The van der Waals surface area contributed by atoms with E-state index in [0.717, 1.165) is 12.8 Å². The van der Waals surface area contributed by atoms with Crippen molar-refractivity contribution in [3.63, 3.8) is 0 Å². The van der Waals surface area contributed by atoms with Gasteiger partial charge < -0.3 is 15.7 Å². The summed E-state index contributed by atoms with van der Waals surface area (Å²) in [7, 11) is 0. The van der Waals surface area contributed by atoms with Crippen molar-refractivity contribution in [1.82, 2.24) is 10.3 Å². The third-order valence-electron chi connectivity index (χ3n) is 3.34. The fraction of sp³-hybridized carbons (Fsp3) is 0.615. The maximum absolute atomic E-state index is 11.8. The van der Waals surface area contributed by atoms with Gasteiger partial charge in [-0.2, -0.15) is 0 Å². The van der Waals surface area contributed by atoms with Crippen LogP contribution in [-0.4, -0.2) is 34.1 Å². The molecule has 0 saturated heterocycles. The average molecular weight is 297 g/mol. The van der Waals surface area contributed by atoms with Crippen molar-refractivity contribution in [1.29, 1.82) is 0 Å². The van der Waals surface area contributed by atoms with E-state index in [9.17, 15) is 9.59 Å². The predicted molar refractivity (Wildman–Crippen MR) is 77.0 cm³/mol. The topological polar surface area (TPSA) is 91.3 Å². The number of nitrogens with zero attached hydrogens (tertiary/aromatic N) is 1. The van der Waals surface area contributed by atoms with Gasteiger partial charge in [0.05, 0.1) is 5.69 Å². The fourth-order valence-corrected chi connectivity index (χ4v) is 2.51. The van der Waals surface area contributed by atoms with Crippen molar-refractivity contribution in [2.75, 3.05) is 5.32 Å². The molecule has 0 aliphatic heterocycles. The third-order valence-corrected chi connectivity index (χ3v) is 4.11. The van der Waals surface area contributed by atoms with Crippen LogP contribution in [0.25, 0.3) is 0 Å². The van der Waals surface area contributed by atoms with Gasteiger partial charge in [0.25, 0.3) is 0 Å². The van der Waals surface area contributed by atoms with E-state index in [-0.39, 0.29) is 11.9 Å². The van der Waals surface area contributed by atoms with E-state index in [4.69, 9.17) is 5.11 Å². The first-order valence-electron chi connectivity index (χ1n) is 6.57. The second-order valence-corrected chi connectivity index (χ2v) is 6.48. The molecule has 1 atom stereocenters. The third kappa shape index (κ3) is 3.27. The molecule has 1 aromatic heterocycles. The van der Waals surface area contributed by atoms with Gasteiger partial charge in [0, 0.05) is 11.4 Å². The normalized spacial score (nSPS) is 16.6. The molecule has 7 heteroatoms. The molecule has 1 unspecified atom stereocenters. The molecule has 1 fully saturated rings. The number of aromatic nitrogens is 1. The smallest absolute Gasteiger partial charge is 0.315 e. The van der Waals surface area contributed by atoms with Crippen LogP contribution in [0.5, 0.6) is 0 Å². The molecule has 0 bridgehead atoms. The van der Waals surface area contributed by atoms with E-state index in [2.05, 4.69) is 15.6 Å². The first-order chi connectivity index (χ1) is 9.30. The number of carboxylic acid groups (broad SMARTS) is 1. The van der Waals surface area contributed by atoms with Gasteiger partial charge in [-0.05, 0) is 33.6 Å². The monoisotopic (exact) mass is 297 g/mol. The Balaban J connectivity index is 1.98. The highest BCUT2D eigenvalue weighted by atomic mass is 32.1. The molecule has 3 N–H and O–H groups in total. The molecule has 1 aliphatic carbocycles. The molecular weight excluding hydrogens is 278 g/mol. The van der Waals surface area contributed by atoms with E-state index < -0.39 is 11.4 Å². The van der Waals surface area contributed by atoms with E-state index in [0.29, 0.717) is 16.9 Å². The molecule has 1 saturated carbocycles. The highest BCUT2D eigenvalue weighted by Crippen LogP contribution is 2.27. The Labute approximate surface area is 121 Å². The molecule has 1 aromatic rings. The zero-order valence-corrected chi connectivity index (χ0v) is 12.6. The summed E-state index contributed by atoms with van der Waals surface area (Å²) in [5.74, 6) is -0.976. The fourth-order valence-electron chi connectivity index (χ4n) is 1.54. The number of rotatable bonds is 6. The maximum Gasteiger partial charge on any atom is 0.315 e. The van der Waals surface area contributed by atoms with E-state index >= 15 is 0 Å². The molecule has 1 amide bonds. The largest absolute Gasteiger partial charge is 0.481 e. The van der Waals surface area contributed by atoms with Crippen molar-refractivity contribution in [2.45, 2.75) is 51.1 Å². The van der Waals surface area contributed by atoms with E-state index in [1.807, 2.05) is 0 Å². The second-order valence-electron chi connectivity index (χ2n) is 5.62. The van der Waals surface area contributed by atoms with Crippen molar-refractivity contribution in [2.24, 2.45) is 0 Å². The molecule has 0 spiro atoms. The lowest BCUT2D eigenvalue weighted by Gasteiger charge is -2.16. The Bertz CT molecular complexity index is 523. The average Bonchev–Trinajstić information content (AvgIpc) is 3.04. The Morgan fingerprint density at radius 2 is 2.15 bits per heavy atom. The van der Waals surface area contributed by atoms with Crippen molar-refractivity contribution >= 4 is 28.3 Å². The summed E-state index contributed by atoms with van der Waals surface area (Å²) in [4.78, 5) is 27.3. The van der Waals surface area contributed by atoms with Gasteiger partial charge >= 0.3 is 5.97 Å². The lowest BCUT2D eigenvalue weighted by Crippen LogP contribution is -2.38. The lowest BCUT2D eigenvalue weighted by atomic mass is 9.90. The highest BCUT2D eigenvalue weighted by molar-refractivity contribution is 7.13. The lowest BCUT2D eigenvalue weighted by molar-refractivity contribution is -0.142. The van der Waals surface area contributed by atoms with Gasteiger partial charge in [0.2, 0.25) is 5.91 Å². The molecular formula is C13H19N3O3S.